The predicted octanol–water partition coefficient (Wildman–Crippen LogP) is 3.43. The largest absolute Gasteiger partial charge is 0.397 e. The molecule has 118 valence electrons. The fourth-order valence-corrected chi connectivity index (χ4v) is 3.76. The van der Waals surface area contributed by atoms with Gasteiger partial charge in [-0.1, -0.05) is 19.8 Å². The van der Waals surface area contributed by atoms with Crippen molar-refractivity contribution in [3.05, 3.63) is 42.3 Å². The SMILES string of the molecule is CCCCCS(=O)(=O)c1cc(N)cnc1-c1ccc(F)cc1. The molecule has 0 radical (unpaired) electrons. The van der Waals surface area contributed by atoms with Crippen LogP contribution in [0.5, 0.6) is 0 Å². The van der Waals surface area contributed by atoms with Gasteiger partial charge in [0.15, 0.2) is 9.84 Å². The average molecular weight is 322 g/mol. The fraction of sp³-hybridized carbons (Fsp3) is 0.312. The first-order valence-electron chi connectivity index (χ1n) is 7.18. The molecular formula is C16H19FN2O2S. The lowest BCUT2D eigenvalue weighted by atomic mass is 10.1. The second-order valence-corrected chi connectivity index (χ2v) is 7.23. The highest BCUT2D eigenvalue weighted by Crippen LogP contribution is 2.28. The molecule has 0 spiro atoms. The van der Waals surface area contributed by atoms with Crippen molar-refractivity contribution in [1.29, 1.82) is 0 Å². The zero-order chi connectivity index (χ0) is 16.2. The van der Waals surface area contributed by atoms with Gasteiger partial charge in [0.05, 0.1) is 28.2 Å². The highest BCUT2D eigenvalue weighted by molar-refractivity contribution is 7.91. The number of hydrogen-bond donors (Lipinski definition) is 1. The van der Waals surface area contributed by atoms with Crippen LogP contribution in [-0.2, 0) is 9.84 Å². The second kappa shape index (κ2) is 6.87. The molecule has 0 aliphatic rings. The van der Waals surface area contributed by atoms with E-state index in [1.165, 1.54) is 36.5 Å². The molecule has 1 aromatic carbocycles. The lowest BCUT2D eigenvalue weighted by Gasteiger charge is -2.11. The van der Waals surface area contributed by atoms with E-state index in [-0.39, 0.29) is 16.5 Å². The third kappa shape index (κ3) is 3.82. The highest BCUT2D eigenvalue weighted by atomic mass is 32.2. The number of nitrogens with two attached hydrogens (primary N) is 1. The molecule has 1 aromatic heterocycles. The average Bonchev–Trinajstić information content (AvgIpc) is 2.48. The normalized spacial score (nSPS) is 11.5. The van der Waals surface area contributed by atoms with Crippen LogP contribution in [0.25, 0.3) is 11.3 Å². The minimum atomic E-state index is -3.48. The van der Waals surface area contributed by atoms with Crippen LogP contribution >= 0.6 is 0 Å². The Morgan fingerprint density at radius 1 is 1.18 bits per heavy atom. The van der Waals surface area contributed by atoms with E-state index < -0.39 is 9.84 Å². The van der Waals surface area contributed by atoms with Gasteiger partial charge in [-0.15, -0.1) is 0 Å². The van der Waals surface area contributed by atoms with Crippen LogP contribution in [0.1, 0.15) is 26.2 Å². The number of unbranched alkanes of at least 4 members (excludes halogenated alkanes) is 2. The molecule has 0 amide bonds. The van der Waals surface area contributed by atoms with Crippen molar-refractivity contribution in [2.45, 2.75) is 31.1 Å². The molecule has 2 N–H and O–H groups in total. The van der Waals surface area contributed by atoms with Crippen molar-refractivity contribution in [2.24, 2.45) is 0 Å². The number of hydrogen-bond acceptors (Lipinski definition) is 4. The summed E-state index contributed by atoms with van der Waals surface area (Å²) in [6.07, 6.45) is 3.79. The van der Waals surface area contributed by atoms with Crippen molar-refractivity contribution in [3.63, 3.8) is 0 Å². The van der Waals surface area contributed by atoms with Crippen LogP contribution in [0.3, 0.4) is 0 Å². The predicted molar refractivity (Wildman–Crippen MR) is 85.6 cm³/mol. The number of nitrogen functional groups attached to an aromatic ring is 1. The smallest absolute Gasteiger partial charge is 0.180 e. The molecule has 1 heterocycles. The molecule has 0 atom stereocenters. The Morgan fingerprint density at radius 2 is 1.86 bits per heavy atom. The molecule has 4 nitrogen and oxygen atoms in total. The summed E-state index contributed by atoms with van der Waals surface area (Å²) in [7, 11) is -3.48. The molecule has 0 unspecified atom stereocenters. The number of benzene rings is 1. The zero-order valence-electron chi connectivity index (χ0n) is 12.4. The van der Waals surface area contributed by atoms with Gasteiger partial charge in [0.25, 0.3) is 0 Å². The third-order valence-electron chi connectivity index (χ3n) is 3.34. The van der Waals surface area contributed by atoms with Crippen molar-refractivity contribution in [1.82, 2.24) is 4.98 Å². The number of aromatic nitrogens is 1. The van der Waals surface area contributed by atoms with Crippen LogP contribution in [0.4, 0.5) is 10.1 Å². The Bertz CT molecular complexity index is 743. The maximum Gasteiger partial charge on any atom is 0.180 e. The Morgan fingerprint density at radius 3 is 2.50 bits per heavy atom. The van der Waals surface area contributed by atoms with Crippen LogP contribution in [0, 0.1) is 5.82 Å². The minimum Gasteiger partial charge on any atom is -0.397 e. The maximum absolute atomic E-state index is 13.0. The summed E-state index contributed by atoms with van der Waals surface area (Å²) in [4.78, 5) is 4.25. The molecule has 2 aromatic rings. The van der Waals surface area contributed by atoms with Crippen molar-refractivity contribution in [2.75, 3.05) is 11.5 Å². The number of rotatable bonds is 6. The van der Waals surface area contributed by atoms with Gasteiger partial charge in [-0.2, -0.15) is 0 Å². The Balaban J connectivity index is 2.46. The summed E-state index contributed by atoms with van der Waals surface area (Å²) < 4.78 is 38.1. The van der Waals surface area contributed by atoms with E-state index in [2.05, 4.69) is 4.98 Å². The number of anilines is 1. The fourth-order valence-electron chi connectivity index (χ4n) is 2.17. The van der Waals surface area contributed by atoms with E-state index in [0.29, 0.717) is 23.4 Å². The zero-order valence-corrected chi connectivity index (χ0v) is 13.2. The summed E-state index contributed by atoms with van der Waals surface area (Å²) in [5.74, 6) is -0.327. The Hall–Kier alpha value is -1.95. The van der Waals surface area contributed by atoms with Crippen molar-refractivity contribution >= 4 is 15.5 Å². The molecular weight excluding hydrogens is 303 g/mol. The van der Waals surface area contributed by atoms with Gasteiger partial charge < -0.3 is 5.73 Å². The lowest BCUT2D eigenvalue weighted by molar-refractivity contribution is 0.591. The summed E-state index contributed by atoms with van der Waals surface area (Å²) >= 11 is 0. The van der Waals surface area contributed by atoms with Gasteiger partial charge in [0, 0.05) is 5.56 Å². The summed E-state index contributed by atoms with van der Waals surface area (Å²) in [6, 6.07) is 7.01. The van der Waals surface area contributed by atoms with Gasteiger partial charge in [-0.05, 0) is 36.8 Å². The quantitative estimate of drug-likeness (QED) is 0.827. The first-order chi connectivity index (χ1) is 10.4. The van der Waals surface area contributed by atoms with Gasteiger partial charge >= 0.3 is 0 Å². The van der Waals surface area contributed by atoms with Crippen LogP contribution in [0.2, 0.25) is 0 Å². The van der Waals surface area contributed by atoms with E-state index in [9.17, 15) is 12.8 Å². The standard InChI is InChI=1S/C16H19FN2O2S/c1-2-3-4-9-22(20,21)15-10-14(18)11-19-16(15)12-5-7-13(17)8-6-12/h5-8,10-11H,2-4,9,18H2,1H3. The van der Waals surface area contributed by atoms with Crippen LogP contribution < -0.4 is 5.73 Å². The maximum atomic E-state index is 13.0. The monoisotopic (exact) mass is 322 g/mol. The van der Waals surface area contributed by atoms with E-state index in [1.54, 1.807) is 0 Å². The van der Waals surface area contributed by atoms with E-state index in [0.717, 1.165) is 12.8 Å². The first-order valence-corrected chi connectivity index (χ1v) is 8.83. The number of pyridine rings is 1. The van der Waals surface area contributed by atoms with E-state index >= 15 is 0 Å². The molecule has 0 saturated carbocycles. The van der Waals surface area contributed by atoms with Gasteiger partial charge in [-0.25, -0.2) is 12.8 Å². The van der Waals surface area contributed by atoms with E-state index in [1.807, 2.05) is 6.92 Å². The summed E-state index contributed by atoms with van der Waals surface area (Å²) in [5, 5.41) is 0. The number of nitrogens with zero attached hydrogens (tertiary/aromatic N) is 1. The minimum absolute atomic E-state index is 0.0557. The number of sulfone groups is 1. The second-order valence-electron chi connectivity index (χ2n) is 5.15. The van der Waals surface area contributed by atoms with Gasteiger partial charge in [0.2, 0.25) is 0 Å². The summed E-state index contributed by atoms with van der Waals surface area (Å²) in [6.45, 7) is 2.01. The van der Waals surface area contributed by atoms with Gasteiger partial charge in [-0.3, -0.25) is 4.98 Å². The molecule has 0 bridgehead atoms. The Labute approximate surface area is 130 Å². The molecule has 2 rings (SSSR count). The molecule has 22 heavy (non-hydrogen) atoms. The number of halogens is 1. The topological polar surface area (TPSA) is 73.0 Å². The lowest BCUT2D eigenvalue weighted by Crippen LogP contribution is -2.10. The highest BCUT2D eigenvalue weighted by Gasteiger charge is 2.21. The Kier molecular flexibility index (Phi) is 5.13. The molecule has 0 aliphatic carbocycles. The molecule has 6 heteroatoms. The molecule has 0 saturated heterocycles. The molecule has 0 fully saturated rings. The van der Waals surface area contributed by atoms with E-state index in [4.69, 9.17) is 5.73 Å². The van der Waals surface area contributed by atoms with Crippen molar-refractivity contribution in [3.8, 4) is 11.3 Å². The summed E-state index contributed by atoms with van der Waals surface area (Å²) in [5.41, 5.74) is 6.85. The first kappa shape index (κ1) is 16.4. The van der Waals surface area contributed by atoms with Crippen molar-refractivity contribution < 1.29 is 12.8 Å². The van der Waals surface area contributed by atoms with Crippen LogP contribution in [0.15, 0.2) is 41.4 Å². The van der Waals surface area contributed by atoms with Crippen LogP contribution in [-0.4, -0.2) is 19.2 Å². The third-order valence-corrected chi connectivity index (χ3v) is 5.15. The molecule has 0 aliphatic heterocycles. The van der Waals surface area contributed by atoms with Gasteiger partial charge in [0.1, 0.15) is 5.82 Å².